The van der Waals surface area contributed by atoms with Crippen molar-refractivity contribution >= 4 is 0 Å². The highest BCUT2D eigenvalue weighted by Gasteiger charge is 2.34. The minimum Gasteiger partial charge on any atom is -0.329 e. The number of nitrogens with zero attached hydrogens (tertiary/aromatic N) is 1. The van der Waals surface area contributed by atoms with Crippen LogP contribution in [0.4, 0.5) is 0 Å². The standard InChI is InChI=1S/C18H30N2/c1-4-17-11-10-15(3)20(17)18(13-19)12-14(2)16-8-6-5-7-9-16/h5-9,14-15,17-18H,4,10-13,19H2,1-3H3. The van der Waals surface area contributed by atoms with E-state index in [1.54, 1.807) is 0 Å². The van der Waals surface area contributed by atoms with E-state index < -0.39 is 0 Å². The minimum absolute atomic E-state index is 0.521. The lowest BCUT2D eigenvalue weighted by Gasteiger charge is -2.37. The van der Waals surface area contributed by atoms with Crippen molar-refractivity contribution in [2.45, 2.75) is 70.5 Å². The molecule has 1 saturated heterocycles. The van der Waals surface area contributed by atoms with Crippen molar-refractivity contribution in [2.75, 3.05) is 6.54 Å². The van der Waals surface area contributed by atoms with Gasteiger partial charge in [-0.1, -0.05) is 44.2 Å². The molecule has 112 valence electrons. The van der Waals surface area contributed by atoms with E-state index in [-0.39, 0.29) is 0 Å². The number of hydrogen-bond acceptors (Lipinski definition) is 2. The van der Waals surface area contributed by atoms with E-state index in [9.17, 15) is 0 Å². The summed E-state index contributed by atoms with van der Waals surface area (Å²) in [4.78, 5) is 2.71. The molecule has 1 aromatic carbocycles. The second-order valence-corrected chi connectivity index (χ2v) is 6.37. The van der Waals surface area contributed by atoms with Crippen LogP contribution < -0.4 is 5.73 Å². The van der Waals surface area contributed by atoms with Gasteiger partial charge in [-0.3, -0.25) is 4.90 Å². The average Bonchev–Trinajstić information content (AvgIpc) is 2.86. The summed E-state index contributed by atoms with van der Waals surface area (Å²) in [5.41, 5.74) is 7.55. The Balaban J connectivity index is 2.05. The first-order valence-corrected chi connectivity index (χ1v) is 8.19. The second-order valence-electron chi connectivity index (χ2n) is 6.37. The van der Waals surface area contributed by atoms with Crippen LogP contribution in [-0.4, -0.2) is 29.6 Å². The zero-order chi connectivity index (χ0) is 14.5. The molecule has 1 fully saturated rings. The van der Waals surface area contributed by atoms with Crippen molar-refractivity contribution < 1.29 is 0 Å². The van der Waals surface area contributed by atoms with Crippen molar-refractivity contribution in [3.8, 4) is 0 Å². The van der Waals surface area contributed by atoms with Crippen LogP contribution >= 0.6 is 0 Å². The quantitative estimate of drug-likeness (QED) is 0.855. The SMILES string of the molecule is CCC1CCC(C)N1C(CN)CC(C)c1ccccc1. The molecule has 2 rings (SSSR count). The van der Waals surface area contributed by atoms with Gasteiger partial charge < -0.3 is 5.73 Å². The third kappa shape index (κ3) is 3.42. The second kappa shape index (κ2) is 7.24. The van der Waals surface area contributed by atoms with Crippen LogP contribution in [0, 0.1) is 0 Å². The molecule has 2 nitrogen and oxygen atoms in total. The van der Waals surface area contributed by atoms with Crippen LogP contribution in [0.5, 0.6) is 0 Å². The molecule has 1 heterocycles. The summed E-state index contributed by atoms with van der Waals surface area (Å²) in [6.07, 6.45) is 5.09. The first-order valence-electron chi connectivity index (χ1n) is 8.19. The van der Waals surface area contributed by atoms with Gasteiger partial charge in [-0.25, -0.2) is 0 Å². The van der Waals surface area contributed by atoms with Crippen LogP contribution in [-0.2, 0) is 0 Å². The van der Waals surface area contributed by atoms with Crippen LogP contribution in [0.2, 0.25) is 0 Å². The highest BCUT2D eigenvalue weighted by Crippen LogP contribution is 2.32. The summed E-state index contributed by atoms with van der Waals surface area (Å²) in [5, 5.41) is 0. The molecule has 0 spiro atoms. The van der Waals surface area contributed by atoms with Gasteiger partial charge in [-0.05, 0) is 44.1 Å². The molecule has 0 bridgehead atoms. The Hall–Kier alpha value is -0.860. The number of benzene rings is 1. The number of hydrogen-bond donors (Lipinski definition) is 1. The smallest absolute Gasteiger partial charge is 0.0229 e. The summed E-state index contributed by atoms with van der Waals surface area (Å²) >= 11 is 0. The van der Waals surface area contributed by atoms with E-state index in [1.807, 2.05) is 0 Å². The lowest BCUT2D eigenvalue weighted by molar-refractivity contribution is 0.125. The van der Waals surface area contributed by atoms with Crippen LogP contribution in [0.15, 0.2) is 30.3 Å². The van der Waals surface area contributed by atoms with Gasteiger partial charge >= 0.3 is 0 Å². The maximum absolute atomic E-state index is 6.12. The Kier molecular flexibility index (Phi) is 5.62. The Bertz CT molecular complexity index is 390. The maximum atomic E-state index is 6.12. The van der Waals surface area contributed by atoms with Gasteiger partial charge in [-0.2, -0.15) is 0 Å². The highest BCUT2D eigenvalue weighted by molar-refractivity contribution is 5.19. The van der Waals surface area contributed by atoms with E-state index in [1.165, 1.54) is 31.2 Å². The Labute approximate surface area is 124 Å². The van der Waals surface area contributed by atoms with E-state index in [2.05, 4.69) is 56.0 Å². The third-order valence-electron chi connectivity index (χ3n) is 5.01. The molecule has 1 aliphatic rings. The van der Waals surface area contributed by atoms with Gasteiger partial charge in [0.05, 0.1) is 0 Å². The minimum atomic E-state index is 0.521. The van der Waals surface area contributed by atoms with E-state index >= 15 is 0 Å². The fraction of sp³-hybridized carbons (Fsp3) is 0.667. The Morgan fingerprint density at radius 3 is 2.55 bits per heavy atom. The van der Waals surface area contributed by atoms with E-state index in [0.717, 1.165) is 12.6 Å². The normalized spacial score (nSPS) is 26.6. The summed E-state index contributed by atoms with van der Waals surface area (Å²) in [5.74, 6) is 0.579. The molecule has 1 aliphatic heterocycles. The molecular formula is C18H30N2. The summed E-state index contributed by atoms with van der Waals surface area (Å²) in [7, 11) is 0. The van der Waals surface area contributed by atoms with Gasteiger partial charge in [0.15, 0.2) is 0 Å². The molecule has 0 radical (unpaired) electrons. The van der Waals surface area contributed by atoms with Crippen LogP contribution in [0.25, 0.3) is 0 Å². The molecular weight excluding hydrogens is 244 g/mol. The molecule has 0 saturated carbocycles. The van der Waals surface area contributed by atoms with Crippen molar-refractivity contribution in [1.29, 1.82) is 0 Å². The Morgan fingerprint density at radius 1 is 1.25 bits per heavy atom. The average molecular weight is 274 g/mol. The monoisotopic (exact) mass is 274 g/mol. The molecule has 2 heteroatoms. The molecule has 4 atom stereocenters. The lowest BCUT2D eigenvalue weighted by Crippen LogP contribution is -2.47. The highest BCUT2D eigenvalue weighted by atomic mass is 15.2. The molecule has 20 heavy (non-hydrogen) atoms. The number of nitrogens with two attached hydrogens (primary N) is 1. The van der Waals surface area contributed by atoms with Gasteiger partial charge in [0, 0.05) is 24.7 Å². The predicted molar refractivity (Wildman–Crippen MR) is 86.9 cm³/mol. The van der Waals surface area contributed by atoms with Gasteiger partial charge in [0.25, 0.3) is 0 Å². The topological polar surface area (TPSA) is 29.3 Å². The van der Waals surface area contributed by atoms with Crippen LogP contribution in [0.1, 0.15) is 57.9 Å². The third-order valence-corrected chi connectivity index (χ3v) is 5.01. The number of likely N-dealkylation sites (tertiary alicyclic amines) is 1. The van der Waals surface area contributed by atoms with Crippen molar-refractivity contribution in [3.63, 3.8) is 0 Å². The fourth-order valence-corrected chi connectivity index (χ4v) is 3.83. The van der Waals surface area contributed by atoms with E-state index in [4.69, 9.17) is 5.73 Å². The van der Waals surface area contributed by atoms with Gasteiger partial charge in [0.1, 0.15) is 0 Å². The fourth-order valence-electron chi connectivity index (χ4n) is 3.83. The lowest BCUT2D eigenvalue weighted by atomic mass is 9.92. The van der Waals surface area contributed by atoms with Crippen LogP contribution in [0.3, 0.4) is 0 Å². The molecule has 2 N–H and O–H groups in total. The molecule has 0 aromatic heterocycles. The van der Waals surface area contributed by atoms with Crippen molar-refractivity contribution in [3.05, 3.63) is 35.9 Å². The maximum Gasteiger partial charge on any atom is 0.0229 e. The molecule has 0 amide bonds. The van der Waals surface area contributed by atoms with E-state index in [0.29, 0.717) is 18.0 Å². The summed E-state index contributed by atoms with van der Waals surface area (Å²) in [6, 6.07) is 12.8. The van der Waals surface area contributed by atoms with Gasteiger partial charge in [-0.15, -0.1) is 0 Å². The molecule has 1 aromatic rings. The first-order chi connectivity index (χ1) is 9.67. The van der Waals surface area contributed by atoms with Crippen molar-refractivity contribution in [1.82, 2.24) is 4.90 Å². The van der Waals surface area contributed by atoms with Gasteiger partial charge in [0.2, 0.25) is 0 Å². The molecule has 4 unspecified atom stereocenters. The zero-order valence-corrected chi connectivity index (χ0v) is 13.3. The van der Waals surface area contributed by atoms with Crippen molar-refractivity contribution in [2.24, 2.45) is 5.73 Å². The summed E-state index contributed by atoms with van der Waals surface area (Å²) in [6.45, 7) is 7.78. The molecule has 0 aliphatic carbocycles. The Morgan fingerprint density at radius 2 is 1.95 bits per heavy atom. The number of rotatable bonds is 6. The predicted octanol–water partition coefficient (Wildman–Crippen LogP) is 3.77. The summed E-state index contributed by atoms with van der Waals surface area (Å²) < 4.78 is 0. The first kappa shape index (κ1) is 15.5. The largest absolute Gasteiger partial charge is 0.329 e. The zero-order valence-electron chi connectivity index (χ0n) is 13.3.